The van der Waals surface area contributed by atoms with Gasteiger partial charge in [-0.15, -0.1) is 0 Å². The maximum Gasteiger partial charge on any atom is 0.216 e. The van der Waals surface area contributed by atoms with Crippen LogP contribution in [0.1, 0.15) is 51.4 Å². The van der Waals surface area contributed by atoms with Gasteiger partial charge in [-0.25, -0.2) is 12.7 Å². The van der Waals surface area contributed by atoms with E-state index in [-0.39, 0.29) is 11.9 Å². The van der Waals surface area contributed by atoms with Crippen molar-refractivity contribution in [1.29, 1.82) is 0 Å². The van der Waals surface area contributed by atoms with Crippen LogP contribution in [0, 0.1) is 5.92 Å². The average Bonchev–Trinajstić information content (AvgIpc) is 2.40. The Labute approximate surface area is 110 Å². The lowest BCUT2D eigenvalue weighted by molar-refractivity contribution is 0.201. The van der Waals surface area contributed by atoms with Gasteiger partial charge in [0, 0.05) is 19.7 Å². The molecule has 1 unspecified atom stereocenters. The fourth-order valence-corrected chi connectivity index (χ4v) is 5.40. The lowest BCUT2D eigenvalue weighted by atomic mass is 9.97. The molecule has 0 bridgehead atoms. The van der Waals surface area contributed by atoms with Crippen LogP contribution in [-0.4, -0.2) is 42.8 Å². The fraction of sp³-hybridized carbons (Fsp3) is 1.00. The molecule has 1 saturated heterocycles. The Morgan fingerprint density at radius 2 is 1.78 bits per heavy atom. The molecule has 2 rings (SSSR count). The zero-order valence-corrected chi connectivity index (χ0v) is 11.9. The Morgan fingerprint density at radius 3 is 2.44 bits per heavy atom. The van der Waals surface area contributed by atoms with Gasteiger partial charge >= 0.3 is 0 Å². The standard InChI is InChI=1S/C13H25NO3S/c15-10-8-12-5-4-9-14(11-12)18(16,17)13-6-2-1-3-7-13/h12-13,15H,1-11H2. The summed E-state index contributed by atoms with van der Waals surface area (Å²) in [6.45, 7) is 1.47. The highest BCUT2D eigenvalue weighted by molar-refractivity contribution is 7.89. The first-order chi connectivity index (χ1) is 8.64. The van der Waals surface area contributed by atoms with Crippen LogP contribution in [0.15, 0.2) is 0 Å². The summed E-state index contributed by atoms with van der Waals surface area (Å²) < 4.78 is 26.8. The summed E-state index contributed by atoms with van der Waals surface area (Å²) in [5, 5.41) is 8.85. The van der Waals surface area contributed by atoms with Crippen molar-refractivity contribution in [2.75, 3.05) is 19.7 Å². The minimum Gasteiger partial charge on any atom is -0.396 e. The second-order valence-corrected chi connectivity index (χ2v) is 7.90. The molecule has 106 valence electrons. The van der Waals surface area contributed by atoms with Gasteiger partial charge in [-0.05, 0) is 38.0 Å². The van der Waals surface area contributed by atoms with Crippen LogP contribution >= 0.6 is 0 Å². The molecule has 2 aliphatic rings. The highest BCUT2D eigenvalue weighted by Gasteiger charge is 2.35. The summed E-state index contributed by atoms with van der Waals surface area (Å²) in [5.41, 5.74) is 0. The molecule has 5 heteroatoms. The van der Waals surface area contributed by atoms with E-state index in [0.29, 0.717) is 19.0 Å². The summed E-state index contributed by atoms with van der Waals surface area (Å²) >= 11 is 0. The summed E-state index contributed by atoms with van der Waals surface area (Å²) in [7, 11) is -3.08. The van der Waals surface area contributed by atoms with E-state index in [1.54, 1.807) is 4.31 Å². The molecule has 0 aromatic carbocycles. The molecule has 0 amide bonds. The molecule has 2 fully saturated rings. The fourth-order valence-electron chi connectivity index (χ4n) is 3.25. The molecular weight excluding hydrogens is 250 g/mol. The normalized spacial score (nSPS) is 28.4. The van der Waals surface area contributed by atoms with Crippen molar-refractivity contribution >= 4 is 10.0 Å². The Hall–Kier alpha value is -0.130. The number of aliphatic hydroxyl groups excluding tert-OH is 1. The minimum absolute atomic E-state index is 0.140. The quantitative estimate of drug-likeness (QED) is 0.850. The van der Waals surface area contributed by atoms with E-state index in [1.807, 2.05) is 0 Å². The van der Waals surface area contributed by atoms with E-state index in [9.17, 15) is 8.42 Å². The summed E-state index contributed by atoms with van der Waals surface area (Å²) in [6, 6.07) is 0. The molecule has 0 aromatic heterocycles. The van der Waals surface area contributed by atoms with Gasteiger partial charge in [0.1, 0.15) is 0 Å². The summed E-state index contributed by atoms with van der Waals surface area (Å²) in [5.74, 6) is 0.349. The van der Waals surface area contributed by atoms with E-state index < -0.39 is 10.0 Å². The molecule has 1 N–H and O–H groups in total. The average molecular weight is 275 g/mol. The van der Waals surface area contributed by atoms with Crippen molar-refractivity contribution in [2.24, 2.45) is 5.92 Å². The van der Waals surface area contributed by atoms with Crippen molar-refractivity contribution in [3.63, 3.8) is 0 Å². The van der Waals surface area contributed by atoms with Gasteiger partial charge in [0.05, 0.1) is 5.25 Å². The van der Waals surface area contributed by atoms with Gasteiger partial charge in [0.25, 0.3) is 0 Å². The Balaban J connectivity index is 1.99. The SMILES string of the molecule is O=S(=O)(C1CCCCC1)N1CCCC(CCO)C1. The minimum atomic E-state index is -3.08. The van der Waals surface area contributed by atoms with Crippen LogP contribution in [0.5, 0.6) is 0 Å². The maximum absolute atomic E-state index is 12.6. The molecule has 0 aromatic rings. The molecule has 1 aliphatic heterocycles. The van der Waals surface area contributed by atoms with Gasteiger partial charge in [-0.2, -0.15) is 0 Å². The first-order valence-electron chi connectivity index (χ1n) is 7.24. The molecule has 1 saturated carbocycles. The summed E-state index contributed by atoms with van der Waals surface area (Å²) in [6.07, 6.45) is 7.69. The first kappa shape index (κ1) is 14.3. The van der Waals surface area contributed by atoms with Gasteiger partial charge in [-0.3, -0.25) is 0 Å². The van der Waals surface area contributed by atoms with Crippen LogP contribution in [-0.2, 0) is 10.0 Å². The lowest BCUT2D eigenvalue weighted by Gasteiger charge is -2.35. The van der Waals surface area contributed by atoms with Crippen molar-refractivity contribution in [3.05, 3.63) is 0 Å². The van der Waals surface area contributed by atoms with Gasteiger partial charge in [0.15, 0.2) is 0 Å². The third-order valence-corrected chi connectivity index (χ3v) is 6.72. The Kier molecular flexibility index (Phi) is 5.04. The molecular formula is C13H25NO3S. The largest absolute Gasteiger partial charge is 0.396 e. The summed E-state index contributed by atoms with van der Waals surface area (Å²) in [4.78, 5) is 0. The molecule has 4 nitrogen and oxygen atoms in total. The highest BCUT2D eigenvalue weighted by Crippen LogP contribution is 2.29. The molecule has 0 radical (unpaired) electrons. The number of nitrogens with zero attached hydrogens (tertiary/aromatic N) is 1. The monoisotopic (exact) mass is 275 g/mol. The number of aliphatic hydroxyl groups is 1. The zero-order valence-electron chi connectivity index (χ0n) is 11.1. The first-order valence-corrected chi connectivity index (χ1v) is 8.74. The van der Waals surface area contributed by atoms with Crippen molar-refractivity contribution in [1.82, 2.24) is 4.31 Å². The Morgan fingerprint density at radius 1 is 1.06 bits per heavy atom. The van der Waals surface area contributed by atoms with Gasteiger partial charge in [0.2, 0.25) is 10.0 Å². The number of piperidine rings is 1. The number of sulfonamides is 1. The van der Waals surface area contributed by atoms with Crippen LogP contribution in [0.2, 0.25) is 0 Å². The topological polar surface area (TPSA) is 57.6 Å². The zero-order chi connectivity index (χ0) is 13.0. The third-order valence-electron chi connectivity index (χ3n) is 4.35. The van der Waals surface area contributed by atoms with Crippen molar-refractivity contribution < 1.29 is 13.5 Å². The van der Waals surface area contributed by atoms with Gasteiger partial charge in [-0.1, -0.05) is 19.3 Å². The van der Waals surface area contributed by atoms with E-state index >= 15 is 0 Å². The van der Waals surface area contributed by atoms with Crippen molar-refractivity contribution in [2.45, 2.75) is 56.6 Å². The second-order valence-electron chi connectivity index (χ2n) is 5.68. The molecule has 1 heterocycles. The number of hydrogen-bond acceptors (Lipinski definition) is 3. The molecule has 0 spiro atoms. The lowest BCUT2D eigenvalue weighted by Crippen LogP contribution is -2.45. The van der Waals surface area contributed by atoms with Crippen molar-refractivity contribution in [3.8, 4) is 0 Å². The maximum atomic E-state index is 12.6. The predicted molar refractivity (Wildman–Crippen MR) is 71.8 cm³/mol. The van der Waals surface area contributed by atoms with E-state index in [0.717, 1.165) is 44.9 Å². The molecule has 1 atom stereocenters. The molecule has 18 heavy (non-hydrogen) atoms. The molecule has 1 aliphatic carbocycles. The van der Waals surface area contributed by atoms with Crippen LogP contribution in [0.25, 0.3) is 0 Å². The Bertz CT molecular complexity index is 347. The predicted octanol–water partition coefficient (Wildman–Crippen LogP) is 1.74. The number of rotatable bonds is 4. The van der Waals surface area contributed by atoms with Crippen LogP contribution in [0.3, 0.4) is 0 Å². The highest BCUT2D eigenvalue weighted by atomic mass is 32.2. The van der Waals surface area contributed by atoms with Gasteiger partial charge < -0.3 is 5.11 Å². The van der Waals surface area contributed by atoms with Crippen LogP contribution < -0.4 is 0 Å². The van der Waals surface area contributed by atoms with E-state index in [2.05, 4.69) is 0 Å². The second kappa shape index (κ2) is 6.35. The number of hydrogen-bond donors (Lipinski definition) is 1. The van der Waals surface area contributed by atoms with Crippen LogP contribution in [0.4, 0.5) is 0 Å². The van der Waals surface area contributed by atoms with E-state index in [1.165, 1.54) is 6.42 Å². The van der Waals surface area contributed by atoms with E-state index in [4.69, 9.17) is 5.11 Å². The smallest absolute Gasteiger partial charge is 0.216 e. The third kappa shape index (κ3) is 3.25.